The van der Waals surface area contributed by atoms with Crippen molar-refractivity contribution in [1.82, 2.24) is 9.55 Å². The lowest BCUT2D eigenvalue weighted by Crippen LogP contribution is -1.95. The summed E-state index contributed by atoms with van der Waals surface area (Å²) in [6.07, 6.45) is 2.62. The lowest BCUT2D eigenvalue weighted by molar-refractivity contribution is 0.550. The third-order valence-corrected chi connectivity index (χ3v) is 2.91. The molecule has 2 aromatic heterocycles. The molecule has 0 aliphatic rings. The maximum absolute atomic E-state index is 11.2. The van der Waals surface area contributed by atoms with Gasteiger partial charge in [0.15, 0.2) is 0 Å². The summed E-state index contributed by atoms with van der Waals surface area (Å²) in [6, 6.07) is 9.83. The summed E-state index contributed by atoms with van der Waals surface area (Å²) in [7, 11) is 0. The molecule has 1 aromatic carbocycles. The summed E-state index contributed by atoms with van der Waals surface area (Å²) in [6.45, 7) is 1.92. The number of nitrogens with zero attached hydrogens (tertiary/aromatic N) is 2. The van der Waals surface area contributed by atoms with Crippen LogP contribution in [0.25, 0.3) is 21.8 Å². The van der Waals surface area contributed by atoms with Crippen molar-refractivity contribution < 1.29 is 4.79 Å². The molecule has 3 aromatic rings. The van der Waals surface area contributed by atoms with E-state index in [-0.39, 0.29) is 0 Å². The lowest BCUT2D eigenvalue weighted by Gasteiger charge is -1.98. The largest absolute Gasteiger partial charge is 0.281 e. The zero-order valence-electron chi connectivity index (χ0n) is 8.84. The van der Waals surface area contributed by atoms with Crippen molar-refractivity contribution in [3.05, 3.63) is 42.2 Å². The van der Waals surface area contributed by atoms with Gasteiger partial charge in [0.05, 0.1) is 16.7 Å². The van der Waals surface area contributed by atoms with Gasteiger partial charge in [-0.1, -0.05) is 18.2 Å². The van der Waals surface area contributed by atoms with Gasteiger partial charge in [-0.15, -0.1) is 0 Å². The Morgan fingerprint density at radius 3 is 2.81 bits per heavy atom. The average molecular weight is 210 g/mol. The highest BCUT2D eigenvalue weighted by Gasteiger charge is 2.11. The minimum Gasteiger partial charge on any atom is -0.281 e. The van der Waals surface area contributed by atoms with Crippen LogP contribution in [0.2, 0.25) is 0 Å². The first-order valence-electron chi connectivity index (χ1n) is 5.12. The van der Waals surface area contributed by atoms with E-state index in [2.05, 4.69) is 4.98 Å². The Labute approximate surface area is 92.3 Å². The second-order valence-electron chi connectivity index (χ2n) is 3.79. The van der Waals surface area contributed by atoms with Crippen LogP contribution in [0.4, 0.5) is 0 Å². The van der Waals surface area contributed by atoms with E-state index in [9.17, 15) is 4.79 Å². The fraction of sp³-hybridized carbons (Fsp3) is 0.0769. The zero-order valence-corrected chi connectivity index (χ0v) is 8.84. The minimum atomic E-state index is 0.847. The van der Waals surface area contributed by atoms with Crippen molar-refractivity contribution >= 4 is 28.2 Å². The third-order valence-electron chi connectivity index (χ3n) is 2.91. The van der Waals surface area contributed by atoms with Gasteiger partial charge in [-0.05, 0) is 19.1 Å². The van der Waals surface area contributed by atoms with E-state index < -0.39 is 0 Å². The number of pyridine rings is 1. The van der Waals surface area contributed by atoms with Gasteiger partial charge in [-0.3, -0.25) is 14.3 Å². The normalized spacial score (nSPS) is 11.1. The number of hydrogen-bond donors (Lipinski definition) is 0. The van der Waals surface area contributed by atoms with Crippen molar-refractivity contribution in [3.8, 4) is 0 Å². The van der Waals surface area contributed by atoms with E-state index in [0.717, 1.165) is 33.9 Å². The summed E-state index contributed by atoms with van der Waals surface area (Å²) in [4.78, 5) is 15.4. The number of rotatable bonds is 1. The molecule has 0 amide bonds. The molecular weight excluding hydrogens is 200 g/mol. The number of aromatic nitrogens is 2. The summed E-state index contributed by atoms with van der Waals surface area (Å²) >= 11 is 0. The van der Waals surface area contributed by atoms with Crippen LogP contribution in [-0.2, 0) is 4.79 Å². The maximum atomic E-state index is 11.2. The van der Waals surface area contributed by atoms with Gasteiger partial charge in [0, 0.05) is 17.0 Å². The molecule has 0 aliphatic heterocycles. The highest BCUT2D eigenvalue weighted by Crippen LogP contribution is 2.28. The Morgan fingerprint density at radius 2 is 2.00 bits per heavy atom. The van der Waals surface area contributed by atoms with Crippen molar-refractivity contribution in [2.75, 3.05) is 0 Å². The first-order chi connectivity index (χ1) is 7.83. The van der Waals surface area contributed by atoms with Gasteiger partial charge in [0.25, 0.3) is 0 Å². The Hall–Kier alpha value is -2.16. The topological polar surface area (TPSA) is 34.9 Å². The van der Waals surface area contributed by atoms with Gasteiger partial charge in [-0.25, -0.2) is 0 Å². The van der Waals surface area contributed by atoms with Crippen LogP contribution in [-0.4, -0.2) is 16.0 Å². The quantitative estimate of drug-likeness (QED) is 0.578. The molecule has 0 N–H and O–H groups in total. The van der Waals surface area contributed by atoms with Crippen molar-refractivity contribution in [3.63, 3.8) is 0 Å². The molecule has 2 heterocycles. The average Bonchev–Trinajstić information content (AvgIpc) is 2.65. The van der Waals surface area contributed by atoms with Gasteiger partial charge in [-0.2, -0.15) is 0 Å². The Bertz CT molecular complexity index is 698. The number of carbonyl (C=O) groups excluding carboxylic acids is 1. The first kappa shape index (κ1) is 9.09. The van der Waals surface area contributed by atoms with Gasteiger partial charge < -0.3 is 0 Å². The lowest BCUT2D eigenvalue weighted by atomic mass is 10.2. The summed E-state index contributed by atoms with van der Waals surface area (Å²) in [5.41, 5.74) is 2.71. The molecule has 0 fully saturated rings. The molecular formula is C13H10N2O. The summed E-state index contributed by atoms with van der Waals surface area (Å²) < 4.78 is 1.66. The molecule has 0 saturated heterocycles. The molecule has 0 aliphatic carbocycles. The van der Waals surface area contributed by atoms with Gasteiger partial charge in [0.1, 0.15) is 0 Å². The van der Waals surface area contributed by atoms with Crippen LogP contribution in [0, 0.1) is 6.92 Å². The smallest absolute Gasteiger partial charge is 0.218 e. The number of hydrogen-bond acceptors (Lipinski definition) is 2. The molecule has 16 heavy (non-hydrogen) atoms. The van der Waals surface area contributed by atoms with Crippen LogP contribution in [0.3, 0.4) is 0 Å². The Morgan fingerprint density at radius 1 is 1.19 bits per heavy atom. The molecule has 3 heteroatoms. The fourth-order valence-electron chi connectivity index (χ4n) is 2.22. The Balaban J connectivity index is 2.70. The number of fused-ring (bicyclic) bond motifs is 3. The molecule has 0 spiro atoms. The number of para-hydroxylation sites is 1. The molecule has 0 radical (unpaired) electrons. The molecule has 0 atom stereocenters. The van der Waals surface area contributed by atoms with E-state index in [0.29, 0.717) is 0 Å². The highest BCUT2D eigenvalue weighted by atomic mass is 16.1. The van der Waals surface area contributed by atoms with Crippen LogP contribution in [0.5, 0.6) is 0 Å². The standard InChI is InChI=1S/C13H10N2O/c1-9-13-11(6-7-14-9)10-4-2-3-5-12(10)15(13)8-16/h2-8H,1H3. The number of carbonyl (C=O) groups is 1. The highest BCUT2D eigenvalue weighted by molar-refractivity contribution is 6.11. The van der Waals surface area contributed by atoms with Gasteiger partial charge >= 0.3 is 0 Å². The number of aryl methyl sites for hydroxylation is 1. The predicted molar refractivity (Wildman–Crippen MR) is 64.1 cm³/mol. The van der Waals surface area contributed by atoms with E-state index >= 15 is 0 Å². The van der Waals surface area contributed by atoms with Crippen molar-refractivity contribution in [2.45, 2.75) is 6.92 Å². The molecule has 3 rings (SSSR count). The van der Waals surface area contributed by atoms with E-state index in [4.69, 9.17) is 0 Å². The van der Waals surface area contributed by atoms with Crippen LogP contribution < -0.4 is 0 Å². The predicted octanol–water partition coefficient (Wildman–Crippen LogP) is 2.54. The van der Waals surface area contributed by atoms with E-state index in [1.807, 2.05) is 37.3 Å². The van der Waals surface area contributed by atoms with E-state index in [1.165, 1.54) is 0 Å². The molecule has 0 bridgehead atoms. The SMILES string of the molecule is Cc1nccc2c3ccccc3n(C=O)c12. The fourth-order valence-corrected chi connectivity index (χ4v) is 2.22. The molecule has 0 saturated carbocycles. The Kier molecular flexibility index (Phi) is 1.80. The van der Waals surface area contributed by atoms with E-state index in [1.54, 1.807) is 10.8 Å². The van der Waals surface area contributed by atoms with Crippen LogP contribution in [0.15, 0.2) is 36.5 Å². The van der Waals surface area contributed by atoms with Crippen LogP contribution in [0.1, 0.15) is 5.69 Å². The molecule has 0 unspecified atom stereocenters. The number of benzene rings is 1. The van der Waals surface area contributed by atoms with Crippen molar-refractivity contribution in [2.24, 2.45) is 0 Å². The van der Waals surface area contributed by atoms with Gasteiger partial charge in [0.2, 0.25) is 6.41 Å². The summed E-state index contributed by atoms with van der Waals surface area (Å²) in [5.74, 6) is 0. The molecule has 3 nitrogen and oxygen atoms in total. The summed E-state index contributed by atoms with van der Waals surface area (Å²) in [5, 5.41) is 2.17. The molecule has 78 valence electrons. The monoisotopic (exact) mass is 210 g/mol. The zero-order chi connectivity index (χ0) is 11.1. The second-order valence-corrected chi connectivity index (χ2v) is 3.79. The van der Waals surface area contributed by atoms with Crippen LogP contribution >= 0.6 is 0 Å². The second kappa shape index (κ2) is 3.17. The van der Waals surface area contributed by atoms with Crippen molar-refractivity contribution in [1.29, 1.82) is 0 Å². The third kappa shape index (κ3) is 1.03. The maximum Gasteiger partial charge on any atom is 0.218 e. The minimum absolute atomic E-state index is 0.847. The first-order valence-corrected chi connectivity index (χ1v) is 5.12.